The van der Waals surface area contributed by atoms with E-state index in [0.29, 0.717) is 28.7 Å². The van der Waals surface area contributed by atoms with Crippen LogP contribution < -0.4 is 4.90 Å². The largest absolute Gasteiger partial charge is 0.443 e. The third kappa shape index (κ3) is 4.36. The van der Waals surface area contributed by atoms with Crippen molar-refractivity contribution in [2.45, 2.75) is 64.0 Å². The van der Waals surface area contributed by atoms with Gasteiger partial charge in [-0.2, -0.15) is 4.98 Å². The van der Waals surface area contributed by atoms with Crippen LogP contribution in [0.4, 0.5) is 10.4 Å². The predicted molar refractivity (Wildman–Crippen MR) is 119 cm³/mol. The predicted octanol–water partition coefficient (Wildman–Crippen LogP) is 4.43. The zero-order valence-electron chi connectivity index (χ0n) is 19.1. The van der Waals surface area contributed by atoms with E-state index in [1.54, 1.807) is 12.1 Å². The zero-order chi connectivity index (χ0) is 23.2. The molecule has 1 aliphatic carbocycles. The Bertz CT molecular complexity index is 1130. The van der Waals surface area contributed by atoms with Gasteiger partial charge in [-0.1, -0.05) is 25.9 Å². The second-order valence-corrected chi connectivity index (χ2v) is 9.87. The highest BCUT2D eigenvalue weighted by Gasteiger charge is 2.39. The standard InChI is InChI=1S/C24H28FN5O3/c1-24(2,3)22-27-23(33-28-22)29-10-8-17(9-11-29)30(16-5-6-16)21(31)15-4-7-18(19(25)12-15)20-13-26-14-32-20/h4,7,12-14,16-17H,5-6,8-11H2,1-3H3. The Morgan fingerprint density at radius 3 is 2.45 bits per heavy atom. The van der Waals surface area contributed by atoms with Crippen LogP contribution in [0.2, 0.25) is 0 Å². The number of carbonyl (C=O) groups excluding carboxylic acids is 1. The summed E-state index contributed by atoms with van der Waals surface area (Å²) < 4.78 is 25.4. The quantitative estimate of drug-likeness (QED) is 0.564. The molecule has 0 spiro atoms. The Hall–Kier alpha value is -3.23. The van der Waals surface area contributed by atoms with Gasteiger partial charge >= 0.3 is 6.01 Å². The number of piperidine rings is 1. The summed E-state index contributed by atoms with van der Waals surface area (Å²) in [5.74, 6) is 0.416. The van der Waals surface area contributed by atoms with E-state index in [1.165, 1.54) is 18.7 Å². The summed E-state index contributed by atoms with van der Waals surface area (Å²) >= 11 is 0. The lowest BCUT2D eigenvalue weighted by molar-refractivity contribution is 0.0629. The first-order chi connectivity index (χ1) is 15.8. The van der Waals surface area contributed by atoms with Gasteiger partial charge in [-0.05, 0) is 43.9 Å². The molecule has 5 rings (SSSR count). The molecule has 3 heterocycles. The Labute approximate surface area is 191 Å². The second kappa shape index (κ2) is 8.28. The maximum Gasteiger partial charge on any atom is 0.324 e. The van der Waals surface area contributed by atoms with Gasteiger partial charge in [-0.3, -0.25) is 4.79 Å². The van der Waals surface area contributed by atoms with Crippen LogP contribution in [0.5, 0.6) is 0 Å². The fraction of sp³-hybridized carbons (Fsp3) is 0.500. The molecule has 1 saturated heterocycles. The molecule has 1 aliphatic heterocycles. The maximum absolute atomic E-state index is 14.7. The van der Waals surface area contributed by atoms with E-state index in [9.17, 15) is 9.18 Å². The van der Waals surface area contributed by atoms with Crippen LogP contribution in [0.3, 0.4) is 0 Å². The molecule has 2 aromatic heterocycles. The van der Waals surface area contributed by atoms with E-state index >= 15 is 0 Å². The molecule has 1 aromatic carbocycles. The van der Waals surface area contributed by atoms with E-state index in [2.05, 4.69) is 20.0 Å². The smallest absolute Gasteiger partial charge is 0.324 e. The molecule has 8 nitrogen and oxygen atoms in total. The number of hydrogen-bond acceptors (Lipinski definition) is 7. The van der Waals surface area contributed by atoms with Crippen molar-refractivity contribution in [3.63, 3.8) is 0 Å². The SMILES string of the molecule is CC(C)(C)c1noc(N2CCC(N(C(=O)c3ccc(-c4cnco4)c(F)c3)C3CC3)CC2)n1. The number of benzene rings is 1. The monoisotopic (exact) mass is 453 g/mol. The van der Waals surface area contributed by atoms with Crippen LogP contribution in [0.25, 0.3) is 11.3 Å². The summed E-state index contributed by atoms with van der Waals surface area (Å²) in [5, 5.41) is 4.12. The molecule has 33 heavy (non-hydrogen) atoms. The summed E-state index contributed by atoms with van der Waals surface area (Å²) in [7, 11) is 0. The third-order valence-corrected chi connectivity index (χ3v) is 6.30. The van der Waals surface area contributed by atoms with Crippen molar-refractivity contribution in [1.29, 1.82) is 0 Å². The number of amides is 1. The van der Waals surface area contributed by atoms with Crippen molar-refractivity contribution in [2.75, 3.05) is 18.0 Å². The Morgan fingerprint density at radius 1 is 1.15 bits per heavy atom. The van der Waals surface area contributed by atoms with E-state index < -0.39 is 5.82 Å². The Balaban J connectivity index is 1.29. The van der Waals surface area contributed by atoms with Gasteiger partial charge in [-0.15, -0.1) is 0 Å². The second-order valence-electron chi connectivity index (χ2n) is 9.87. The lowest BCUT2D eigenvalue weighted by atomic mass is 9.96. The minimum absolute atomic E-state index is 0.100. The van der Waals surface area contributed by atoms with Crippen LogP contribution >= 0.6 is 0 Å². The van der Waals surface area contributed by atoms with E-state index in [-0.39, 0.29) is 23.4 Å². The van der Waals surface area contributed by atoms with Crippen LogP contribution in [0, 0.1) is 5.82 Å². The lowest BCUT2D eigenvalue weighted by Gasteiger charge is -2.38. The van der Waals surface area contributed by atoms with E-state index in [1.807, 2.05) is 25.7 Å². The third-order valence-electron chi connectivity index (χ3n) is 6.30. The number of halogens is 1. The van der Waals surface area contributed by atoms with Crippen molar-refractivity contribution in [1.82, 2.24) is 20.0 Å². The van der Waals surface area contributed by atoms with Gasteiger partial charge in [0.25, 0.3) is 5.91 Å². The fourth-order valence-corrected chi connectivity index (χ4v) is 4.31. The molecule has 0 atom stereocenters. The Kier molecular flexibility index (Phi) is 5.42. The van der Waals surface area contributed by atoms with Crippen LogP contribution in [-0.2, 0) is 5.41 Å². The first kappa shape index (κ1) is 21.6. The number of carbonyl (C=O) groups is 1. The van der Waals surface area contributed by atoms with Gasteiger partial charge in [-0.25, -0.2) is 9.37 Å². The van der Waals surface area contributed by atoms with Crippen LogP contribution in [0.15, 0.2) is 39.7 Å². The van der Waals surface area contributed by atoms with Crippen molar-refractivity contribution < 1.29 is 18.1 Å². The molecule has 1 amide bonds. The van der Waals surface area contributed by atoms with Gasteiger partial charge in [0.15, 0.2) is 18.0 Å². The number of hydrogen-bond donors (Lipinski definition) is 0. The summed E-state index contributed by atoms with van der Waals surface area (Å²) in [4.78, 5) is 25.8. The lowest BCUT2D eigenvalue weighted by Crippen LogP contribution is -2.48. The minimum Gasteiger partial charge on any atom is -0.443 e. The number of aromatic nitrogens is 3. The van der Waals surface area contributed by atoms with Gasteiger partial charge in [0, 0.05) is 36.2 Å². The average Bonchev–Trinajstić information content (AvgIpc) is 3.26. The fourth-order valence-electron chi connectivity index (χ4n) is 4.31. The molecule has 0 radical (unpaired) electrons. The molecule has 174 valence electrons. The molecule has 0 N–H and O–H groups in total. The highest BCUT2D eigenvalue weighted by Crippen LogP contribution is 2.35. The van der Waals surface area contributed by atoms with Gasteiger partial charge in [0.2, 0.25) is 0 Å². The maximum atomic E-state index is 14.7. The Morgan fingerprint density at radius 2 is 1.88 bits per heavy atom. The molecular formula is C24H28FN5O3. The molecule has 3 aromatic rings. The van der Waals surface area contributed by atoms with Crippen molar-refractivity contribution >= 4 is 11.9 Å². The number of nitrogens with zero attached hydrogens (tertiary/aromatic N) is 5. The van der Waals surface area contributed by atoms with E-state index in [4.69, 9.17) is 8.94 Å². The highest BCUT2D eigenvalue weighted by molar-refractivity contribution is 5.95. The molecular weight excluding hydrogens is 425 g/mol. The minimum atomic E-state index is -0.491. The first-order valence-corrected chi connectivity index (χ1v) is 11.4. The summed E-state index contributed by atoms with van der Waals surface area (Å²) in [6.45, 7) is 7.60. The van der Waals surface area contributed by atoms with Crippen molar-refractivity contribution in [3.8, 4) is 11.3 Å². The molecule has 0 bridgehead atoms. The summed E-state index contributed by atoms with van der Waals surface area (Å²) in [6, 6.07) is 5.41. The molecule has 1 saturated carbocycles. The molecule has 2 aliphatic rings. The highest BCUT2D eigenvalue weighted by atomic mass is 19.1. The molecule has 2 fully saturated rings. The van der Waals surface area contributed by atoms with Gasteiger partial charge in [0.05, 0.1) is 11.8 Å². The normalized spacial score (nSPS) is 17.4. The number of oxazole rings is 1. The van der Waals surface area contributed by atoms with Crippen molar-refractivity contribution in [2.24, 2.45) is 0 Å². The molecule has 0 unspecified atom stereocenters. The summed E-state index contributed by atoms with van der Waals surface area (Å²) in [5.41, 5.74) is 0.481. The van der Waals surface area contributed by atoms with Crippen LogP contribution in [0.1, 0.15) is 62.6 Å². The first-order valence-electron chi connectivity index (χ1n) is 11.4. The van der Waals surface area contributed by atoms with Crippen LogP contribution in [-0.4, -0.2) is 51.1 Å². The zero-order valence-corrected chi connectivity index (χ0v) is 19.1. The molecule has 9 heteroatoms. The van der Waals surface area contributed by atoms with Gasteiger partial charge < -0.3 is 18.7 Å². The van der Waals surface area contributed by atoms with E-state index in [0.717, 1.165) is 38.8 Å². The summed E-state index contributed by atoms with van der Waals surface area (Å²) in [6.07, 6.45) is 6.29. The van der Waals surface area contributed by atoms with Crippen molar-refractivity contribution in [3.05, 3.63) is 48.0 Å². The number of rotatable bonds is 5. The van der Waals surface area contributed by atoms with Gasteiger partial charge in [0.1, 0.15) is 5.82 Å². The average molecular weight is 454 g/mol. The number of anilines is 1. The topological polar surface area (TPSA) is 88.5 Å².